The van der Waals surface area contributed by atoms with E-state index in [1.54, 1.807) is 13.0 Å². The molecule has 0 saturated carbocycles. The van der Waals surface area contributed by atoms with Gasteiger partial charge in [0.15, 0.2) is 0 Å². The normalized spacial score (nSPS) is 11.3. The molecular weight excluding hydrogens is 334 g/mol. The highest BCUT2D eigenvalue weighted by Crippen LogP contribution is 2.24. The van der Waals surface area contributed by atoms with Gasteiger partial charge in [0.1, 0.15) is 0 Å². The smallest absolute Gasteiger partial charge is 0.331 e. The zero-order valence-corrected chi connectivity index (χ0v) is 15.6. The van der Waals surface area contributed by atoms with Crippen LogP contribution in [-0.4, -0.2) is 11.1 Å². The zero-order valence-electron chi connectivity index (χ0n) is 15.6. The van der Waals surface area contributed by atoms with E-state index in [1.807, 2.05) is 43.3 Å². The summed E-state index contributed by atoms with van der Waals surface area (Å²) in [5.74, 6) is -0.902. The molecular formula is C24H23NO2. The average Bonchev–Trinajstić information content (AvgIpc) is 2.69. The molecule has 3 heteroatoms. The van der Waals surface area contributed by atoms with Gasteiger partial charge in [-0.1, -0.05) is 66.7 Å². The summed E-state index contributed by atoms with van der Waals surface area (Å²) < 4.78 is 0. The van der Waals surface area contributed by atoms with Crippen molar-refractivity contribution in [3.8, 4) is 11.1 Å². The summed E-state index contributed by atoms with van der Waals surface area (Å²) in [5.41, 5.74) is 6.77. The van der Waals surface area contributed by atoms with Crippen LogP contribution >= 0.6 is 0 Å². The van der Waals surface area contributed by atoms with E-state index >= 15 is 0 Å². The largest absolute Gasteiger partial charge is 0.478 e. The molecule has 0 aliphatic heterocycles. The maximum Gasteiger partial charge on any atom is 0.331 e. The van der Waals surface area contributed by atoms with Crippen molar-refractivity contribution in [2.45, 2.75) is 20.4 Å². The molecule has 2 N–H and O–H groups in total. The average molecular weight is 357 g/mol. The number of carboxylic acids is 1. The third-order valence-corrected chi connectivity index (χ3v) is 4.57. The van der Waals surface area contributed by atoms with E-state index in [-0.39, 0.29) is 0 Å². The molecule has 3 nitrogen and oxygen atoms in total. The van der Waals surface area contributed by atoms with Crippen LogP contribution in [0.25, 0.3) is 17.2 Å². The summed E-state index contributed by atoms with van der Waals surface area (Å²) in [7, 11) is 0. The molecule has 0 aliphatic rings. The van der Waals surface area contributed by atoms with Crippen molar-refractivity contribution in [1.82, 2.24) is 0 Å². The Kier molecular flexibility index (Phi) is 5.72. The van der Waals surface area contributed by atoms with Gasteiger partial charge in [0.2, 0.25) is 0 Å². The van der Waals surface area contributed by atoms with Gasteiger partial charge in [-0.15, -0.1) is 0 Å². The number of aryl methyl sites for hydroxylation is 1. The Morgan fingerprint density at radius 1 is 0.926 bits per heavy atom. The van der Waals surface area contributed by atoms with Crippen molar-refractivity contribution in [1.29, 1.82) is 0 Å². The monoisotopic (exact) mass is 357 g/mol. The summed E-state index contributed by atoms with van der Waals surface area (Å²) >= 11 is 0. The van der Waals surface area contributed by atoms with E-state index < -0.39 is 5.97 Å². The second kappa shape index (κ2) is 8.37. The number of benzene rings is 3. The first kappa shape index (κ1) is 18.5. The quantitative estimate of drug-likeness (QED) is 0.551. The van der Waals surface area contributed by atoms with Gasteiger partial charge >= 0.3 is 5.97 Å². The van der Waals surface area contributed by atoms with E-state index in [9.17, 15) is 4.79 Å². The Bertz CT molecular complexity index is 957. The summed E-state index contributed by atoms with van der Waals surface area (Å²) in [5, 5.41) is 12.6. The highest BCUT2D eigenvalue weighted by molar-refractivity contribution is 5.93. The van der Waals surface area contributed by atoms with Crippen LogP contribution < -0.4 is 5.32 Å². The van der Waals surface area contributed by atoms with Gasteiger partial charge in [0.25, 0.3) is 0 Å². The Labute approximate surface area is 160 Å². The second-order valence-electron chi connectivity index (χ2n) is 6.59. The molecule has 0 amide bonds. The molecule has 0 fully saturated rings. The molecule has 0 spiro atoms. The van der Waals surface area contributed by atoms with Crippen molar-refractivity contribution in [3.05, 3.63) is 95.1 Å². The van der Waals surface area contributed by atoms with Crippen LogP contribution in [-0.2, 0) is 11.3 Å². The molecule has 3 aromatic carbocycles. The van der Waals surface area contributed by atoms with E-state index in [1.165, 1.54) is 16.7 Å². The van der Waals surface area contributed by atoms with Gasteiger partial charge in [-0.2, -0.15) is 0 Å². The lowest BCUT2D eigenvalue weighted by Crippen LogP contribution is -2.03. The van der Waals surface area contributed by atoms with E-state index in [4.69, 9.17) is 5.11 Å². The lowest BCUT2D eigenvalue weighted by Gasteiger charge is -2.13. The van der Waals surface area contributed by atoms with Gasteiger partial charge in [-0.05, 0) is 48.2 Å². The first-order valence-corrected chi connectivity index (χ1v) is 8.94. The highest BCUT2D eigenvalue weighted by Gasteiger charge is 2.07. The van der Waals surface area contributed by atoms with Crippen molar-refractivity contribution >= 4 is 17.7 Å². The molecule has 0 atom stereocenters. The van der Waals surface area contributed by atoms with Gasteiger partial charge in [0, 0.05) is 23.4 Å². The number of nitrogens with one attached hydrogen (secondary N) is 1. The number of anilines is 1. The van der Waals surface area contributed by atoms with Gasteiger partial charge < -0.3 is 10.4 Å². The van der Waals surface area contributed by atoms with E-state index in [0.29, 0.717) is 12.1 Å². The number of hydrogen-bond acceptors (Lipinski definition) is 2. The maximum atomic E-state index is 11.2. The van der Waals surface area contributed by atoms with Crippen LogP contribution in [0.15, 0.2) is 78.4 Å². The van der Waals surface area contributed by atoms with Gasteiger partial charge in [-0.25, -0.2) is 4.79 Å². The molecule has 0 heterocycles. The van der Waals surface area contributed by atoms with Crippen molar-refractivity contribution in [3.63, 3.8) is 0 Å². The first-order valence-electron chi connectivity index (χ1n) is 8.94. The summed E-state index contributed by atoms with van der Waals surface area (Å²) in [6, 6.07) is 24.7. The number of hydrogen-bond donors (Lipinski definition) is 2. The molecule has 0 aliphatic carbocycles. The molecule has 27 heavy (non-hydrogen) atoms. The predicted octanol–water partition coefficient (Wildman–Crippen LogP) is 5.76. The predicted molar refractivity (Wildman–Crippen MR) is 112 cm³/mol. The Morgan fingerprint density at radius 3 is 2.26 bits per heavy atom. The number of carbonyl (C=O) groups is 1. The van der Waals surface area contributed by atoms with Crippen LogP contribution in [0.3, 0.4) is 0 Å². The maximum absolute atomic E-state index is 11.2. The number of aliphatic carboxylic acids is 1. The molecule has 0 radical (unpaired) electrons. The topological polar surface area (TPSA) is 49.3 Å². The minimum atomic E-state index is -0.902. The Morgan fingerprint density at radius 2 is 1.59 bits per heavy atom. The zero-order chi connectivity index (χ0) is 19.2. The number of rotatable bonds is 6. The van der Waals surface area contributed by atoms with Gasteiger partial charge in [-0.3, -0.25) is 0 Å². The minimum Gasteiger partial charge on any atom is -0.478 e. The number of carboxylic acid groups (broad SMARTS) is 1. The van der Waals surface area contributed by atoms with Crippen molar-refractivity contribution in [2.24, 2.45) is 0 Å². The highest BCUT2D eigenvalue weighted by atomic mass is 16.4. The van der Waals surface area contributed by atoms with Crippen LogP contribution in [0.1, 0.15) is 23.6 Å². The molecule has 0 saturated heterocycles. The van der Waals surface area contributed by atoms with Crippen LogP contribution in [0.2, 0.25) is 0 Å². The summed E-state index contributed by atoms with van der Waals surface area (Å²) in [6.07, 6.45) is 1.72. The Hall–Kier alpha value is -3.33. The van der Waals surface area contributed by atoms with Crippen molar-refractivity contribution < 1.29 is 9.90 Å². The summed E-state index contributed by atoms with van der Waals surface area (Å²) in [4.78, 5) is 11.2. The van der Waals surface area contributed by atoms with Crippen LogP contribution in [0.5, 0.6) is 0 Å². The lowest BCUT2D eigenvalue weighted by molar-refractivity contribution is -0.132. The minimum absolute atomic E-state index is 0.319. The summed E-state index contributed by atoms with van der Waals surface area (Å²) in [6.45, 7) is 4.27. The van der Waals surface area contributed by atoms with E-state index in [0.717, 1.165) is 16.8 Å². The molecule has 136 valence electrons. The molecule has 3 aromatic rings. The van der Waals surface area contributed by atoms with Crippen LogP contribution in [0.4, 0.5) is 5.69 Å². The fourth-order valence-corrected chi connectivity index (χ4v) is 2.95. The fraction of sp³-hybridized carbons (Fsp3) is 0.125. The molecule has 3 rings (SSSR count). The second-order valence-corrected chi connectivity index (χ2v) is 6.59. The lowest BCUT2D eigenvalue weighted by atomic mass is 10.0. The van der Waals surface area contributed by atoms with Crippen molar-refractivity contribution in [2.75, 3.05) is 5.32 Å². The third kappa shape index (κ3) is 4.64. The first-order chi connectivity index (χ1) is 13.0. The Balaban J connectivity index is 1.76. The third-order valence-electron chi connectivity index (χ3n) is 4.57. The van der Waals surface area contributed by atoms with Crippen LogP contribution in [0, 0.1) is 6.92 Å². The SMILES string of the molecule is C/C(=C\c1c(C)cccc1NCc1ccc(-c2ccccc2)cc1)C(=O)O. The van der Waals surface area contributed by atoms with E-state index in [2.05, 4.69) is 41.7 Å². The van der Waals surface area contributed by atoms with Gasteiger partial charge in [0.05, 0.1) is 0 Å². The molecule has 0 bridgehead atoms. The fourth-order valence-electron chi connectivity index (χ4n) is 2.95. The standard InChI is InChI=1S/C24H23NO2/c1-17-7-6-10-23(22(17)15-18(2)24(26)27)25-16-19-11-13-21(14-12-19)20-8-4-3-5-9-20/h3-15,25H,16H2,1-2H3,(H,26,27)/b18-15+. The molecule has 0 aromatic heterocycles. The molecule has 0 unspecified atom stereocenters.